The second-order valence-corrected chi connectivity index (χ2v) is 2.68. The van der Waals surface area contributed by atoms with Crippen molar-refractivity contribution in [1.29, 1.82) is 0 Å². The molecule has 0 aromatic carbocycles. The molecule has 0 saturated heterocycles. The van der Waals surface area contributed by atoms with E-state index in [0.717, 1.165) is 0 Å². The van der Waals surface area contributed by atoms with Gasteiger partial charge in [0.05, 0.1) is 24.6 Å². The second-order valence-electron chi connectivity index (χ2n) is 2.68. The fourth-order valence-electron chi connectivity index (χ4n) is 0.992. The zero-order chi connectivity index (χ0) is 10.7. The average molecular weight is 196 g/mol. The molecule has 1 aromatic rings. The van der Waals surface area contributed by atoms with Gasteiger partial charge in [0, 0.05) is 7.05 Å². The lowest BCUT2D eigenvalue weighted by atomic mass is 10.2. The molecule has 0 radical (unpaired) electrons. The molecule has 0 saturated carbocycles. The fraction of sp³-hybridized carbons (Fsp3) is 0.250. The predicted octanol–water partition coefficient (Wildman–Crippen LogP) is -0.240. The van der Waals surface area contributed by atoms with Gasteiger partial charge in [-0.2, -0.15) is 0 Å². The van der Waals surface area contributed by atoms with Crippen LogP contribution in [0.2, 0.25) is 0 Å². The SMILES string of the molecule is CON(C)c1ncc(N)cc1C(N)=O. The fourth-order valence-corrected chi connectivity index (χ4v) is 0.992. The standard InChI is InChI=1S/C8H12N4O2/c1-12(14-2)8-6(7(10)13)3-5(9)4-11-8/h3-4H,9H2,1-2H3,(H2,10,13). The van der Waals surface area contributed by atoms with Crippen LogP contribution >= 0.6 is 0 Å². The number of rotatable bonds is 3. The molecule has 1 heterocycles. The number of amides is 1. The molecule has 1 aromatic heterocycles. The van der Waals surface area contributed by atoms with E-state index in [2.05, 4.69) is 4.98 Å². The van der Waals surface area contributed by atoms with Crippen molar-refractivity contribution in [3.05, 3.63) is 17.8 Å². The highest BCUT2D eigenvalue weighted by Crippen LogP contribution is 2.17. The average Bonchev–Trinajstić information content (AvgIpc) is 2.16. The summed E-state index contributed by atoms with van der Waals surface area (Å²) in [7, 11) is 3.08. The highest BCUT2D eigenvalue weighted by atomic mass is 16.7. The van der Waals surface area contributed by atoms with Gasteiger partial charge in [-0.3, -0.25) is 9.63 Å². The minimum atomic E-state index is -0.594. The summed E-state index contributed by atoms with van der Waals surface area (Å²) >= 11 is 0. The van der Waals surface area contributed by atoms with Gasteiger partial charge in [-0.15, -0.1) is 0 Å². The molecule has 6 heteroatoms. The van der Waals surface area contributed by atoms with Gasteiger partial charge in [-0.05, 0) is 6.07 Å². The summed E-state index contributed by atoms with van der Waals surface area (Å²) in [6.45, 7) is 0. The molecule has 0 aliphatic rings. The number of aromatic nitrogens is 1. The minimum Gasteiger partial charge on any atom is -0.397 e. The Morgan fingerprint density at radius 3 is 2.79 bits per heavy atom. The molecule has 14 heavy (non-hydrogen) atoms. The normalized spacial score (nSPS) is 9.86. The summed E-state index contributed by atoms with van der Waals surface area (Å²) in [6, 6.07) is 1.46. The van der Waals surface area contributed by atoms with Crippen molar-refractivity contribution in [2.75, 3.05) is 25.0 Å². The highest BCUT2D eigenvalue weighted by molar-refractivity contribution is 5.98. The van der Waals surface area contributed by atoms with Crippen LogP contribution < -0.4 is 16.5 Å². The smallest absolute Gasteiger partial charge is 0.252 e. The Hall–Kier alpha value is -1.82. The third kappa shape index (κ3) is 1.91. The van der Waals surface area contributed by atoms with Crippen molar-refractivity contribution in [1.82, 2.24) is 4.98 Å². The largest absolute Gasteiger partial charge is 0.397 e. The van der Waals surface area contributed by atoms with Crippen LogP contribution in [0.25, 0.3) is 0 Å². The molecule has 76 valence electrons. The summed E-state index contributed by atoms with van der Waals surface area (Å²) in [5, 5.41) is 1.33. The Kier molecular flexibility index (Phi) is 2.88. The quantitative estimate of drug-likeness (QED) is 0.650. The van der Waals surface area contributed by atoms with E-state index in [9.17, 15) is 4.79 Å². The second kappa shape index (κ2) is 3.93. The van der Waals surface area contributed by atoms with Gasteiger partial charge in [0.15, 0.2) is 5.82 Å². The van der Waals surface area contributed by atoms with Crippen LogP contribution in [0.5, 0.6) is 0 Å². The third-order valence-electron chi connectivity index (χ3n) is 1.73. The number of carbonyl (C=O) groups is 1. The van der Waals surface area contributed by atoms with Crippen LogP contribution in [0.1, 0.15) is 10.4 Å². The van der Waals surface area contributed by atoms with E-state index in [1.54, 1.807) is 7.05 Å². The van der Waals surface area contributed by atoms with Crippen LogP contribution in [0.4, 0.5) is 11.5 Å². The van der Waals surface area contributed by atoms with Gasteiger partial charge in [0.1, 0.15) is 0 Å². The molecule has 6 nitrogen and oxygen atoms in total. The monoisotopic (exact) mass is 196 g/mol. The minimum absolute atomic E-state index is 0.231. The first-order valence-corrected chi connectivity index (χ1v) is 3.89. The Morgan fingerprint density at radius 2 is 2.29 bits per heavy atom. The summed E-state index contributed by atoms with van der Waals surface area (Å²) in [5.74, 6) is -0.252. The van der Waals surface area contributed by atoms with Crippen molar-refractivity contribution in [3.63, 3.8) is 0 Å². The van der Waals surface area contributed by atoms with E-state index < -0.39 is 5.91 Å². The van der Waals surface area contributed by atoms with Gasteiger partial charge in [0.25, 0.3) is 5.91 Å². The third-order valence-corrected chi connectivity index (χ3v) is 1.73. The molecule has 0 spiro atoms. The van der Waals surface area contributed by atoms with E-state index in [1.165, 1.54) is 24.4 Å². The maximum Gasteiger partial charge on any atom is 0.252 e. The lowest BCUT2D eigenvalue weighted by Crippen LogP contribution is -2.22. The van der Waals surface area contributed by atoms with Gasteiger partial charge in [-0.1, -0.05) is 0 Å². The maximum atomic E-state index is 11.0. The summed E-state index contributed by atoms with van der Waals surface area (Å²) in [4.78, 5) is 19.9. The lowest BCUT2D eigenvalue weighted by molar-refractivity contribution is 0.0997. The molecular formula is C8H12N4O2. The number of primary amides is 1. The number of nitrogen functional groups attached to an aromatic ring is 1. The van der Waals surface area contributed by atoms with Crippen LogP contribution in [-0.2, 0) is 4.84 Å². The molecule has 0 bridgehead atoms. The zero-order valence-electron chi connectivity index (χ0n) is 8.02. The molecule has 0 fully saturated rings. The van der Waals surface area contributed by atoms with Crippen molar-refractivity contribution in [2.45, 2.75) is 0 Å². The Labute approximate surface area is 81.4 Å². The van der Waals surface area contributed by atoms with Crippen molar-refractivity contribution in [3.8, 4) is 0 Å². The molecular weight excluding hydrogens is 184 g/mol. The number of anilines is 2. The van der Waals surface area contributed by atoms with Gasteiger partial charge in [0.2, 0.25) is 0 Å². The lowest BCUT2D eigenvalue weighted by Gasteiger charge is -2.16. The first kappa shape index (κ1) is 10.3. The van der Waals surface area contributed by atoms with E-state index >= 15 is 0 Å². The number of hydroxylamine groups is 1. The highest BCUT2D eigenvalue weighted by Gasteiger charge is 2.13. The van der Waals surface area contributed by atoms with Gasteiger partial charge in [-0.25, -0.2) is 10.0 Å². The van der Waals surface area contributed by atoms with E-state index in [4.69, 9.17) is 16.3 Å². The zero-order valence-corrected chi connectivity index (χ0v) is 8.02. The first-order chi connectivity index (χ1) is 6.56. The van der Waals surface area contributed by atoms with Crippen molar-refractivity contribution in [2.24, 2.45) is 5.73 Å². The maximum absolute atomic E-state index is 11.0. The summed E-state index contributed by atoms with van der Waals surface area (Å²) in [5.41, 5.74) is 11.2. The number of pyridine rings is 1. The predicted molar refractivity (Wildman–Crippen MR) is 52.6 cm³/mol. The number of carbonyl (C=O) groups excluding carboxylic acids is 1. The molecule has 0 atom stereocenters. The molecule has 4 N–H and O–H groups in total. The van der Waals surface area contributed by atoms with E-state index in [-0.39, 0.29) is 5.56 Å². The molecule has 1 amide bonds. The number of hydrogen-bond donors (Lipinski definition) is 2. The Bertz CT molecular complexity index is 353. The summed E-state index contributed by atoms with van der Waals surface area (Å²) < 4.78 is 0. The van der Waals surface area contributed by atoms with Crippen LogP contribution in [0.15, 0.2) is 12.3 Å². The van der Waals surface area contributed by atoms with Crippen LogP contribution in [-0.4, -0.2) is 25.0 Å². The van der Waals surface area contributed by atoms with Crippen LogP contribution in [0.3, 0.4) is 0 Å². The van der Waals surface area contributed by atoms with Gasteiger partial charge >= 0.3 is 0 Å². The van der Waals surface area contributed by atoms with Gasteiger partial charge < -0.3 is 11.5 Å². The molecule has 0 aliphatic carbocycles. The summed E-state index contributed by atoms with van der Waals surface area (Å²) in [6.07, 6.45) is 1.43. The number of nitrogens with two attached hydrogens (primary N) is 2. The van der Waals surface area contributed by atoms with E-state index in [1.807, 2.05) is 0 Å². The first-order valence-electron chi connectivity index (χ1n) is 3.89. The number of hydrogen-bond acceptors (Lipinski definition) is 5. The Balaban J connectivity index is 3.21. The number of nitrogens with zero attached hydrogens (tertiary/aromatic N) is 2. The Morgan fingerprint density at radius 1 is 1.64 bits per heavy atom. The topological polar surface area (TPSA) is 94.5 Å². The van der Waals surface area contributed by atoms with Crippen LogP contribution in [0, 0.1) is 0 Å². The van der Waals surface area contributed by atoms with E-state index in [0.29, 0.717) is 11.5 Å². The molecule has 0 unspecified atom stereocenters. The van der Waals surface area contributed by atoms with Crippen molar-refractivity contribution < 1.29 is 9.63 Å². The molecule has 1 rings (SSSR count). The molecule has 0 aliphatic heterocycles. The van der Waals surface area contributed by atoms with Crippen molar-refractivity contribution >= 4 is 17.4 Å².